The van der Waals surface area contributed by atoms with Gasteiger partial charge in [0.1, 0.15) is 0 Å². The number of esters is 2. The summed E-state index contributed by atoms with van der Waals surface area (Å²) >= 11 is 0. The van der Waals surface area contributed by atoms with Gasteiger partial charge in [0.25, 0.3) is 0 Å². The zero-order valence-corrected chi connectivity index (χ0v) is 20.9. The summed E-state index contributed by atoms with van der Waals surface area (Å²) in [4.78, 5) is 36.5. The number of hydrogen-bond acceptors (Lipinski definition) is 5. The largest absolute Gasteiger partial charge is 0.478 e. The molecule has 0 heterocycles. The highest BCUT2D eigenvalue weighted by atomic mass is 16.5. The van der Waals surface area contributed by atoms with Crippen molar-refractivity contribution < 1.29 is 29.0 Å². The van der Waals surface area contributed by atoms with Crippen LogP contribution in [0.3, 0.4) is 0 Å². The van der Waals surface area contributed by atoms with Gasteiger partial charge in [0.15, 0.2) is 0 Å². The fourth-order valence-electron chi connectivity index (χ4n) is 3.53. The third-order valence-corrected chi connectivity index (χ3v) is 5.52. The van der Waals surface area contributed by atoms with E-state index in [1.54, 1.807) is 0 Å². The van der Waals surface area contributed by atoms with Crippen molar-refractivity contribution in [3.63, 3.8) is 0 Å². The highest BCUT2D eigenvalue weighted by Gasteiger charge is 2.21. The highest BCUT2D eigenvalue weighted by Crippen LogP contribution is 2.17. The number of carbonyl (C=O) groups is 3. The van der Waals surface area contributed by atoms with Crippen LogP contribution in [-0.2, 0) is 9.47 Å². The number of benzene rings is 1. The van der Waals surface area contributed by atoms with Crippen LogP contribution in [0.25, 0.3) is 0 Å². The van der Waals surface area contributed by atoms with Gasteiger partial charge in [-0.1, -0.05) is 79.1 Å². The van der Waals surface area contributed by atoms with E-state index in [1.807, 2.05) is 0 Å². The third-order valence-electron chi connectivity index (χ3n) is 5.52. The molecular weight excluding hydrogens is 420 g/mol. The minimum atomic E-state index is -1.17. The second-order valence-corrected chi connectivity index (χ2v) is 9.53. The van der Waals surface area contributed by atoms with Gasteiger partial charge in [-0.3, -0.25) is 0 Å². The van der Waals surface area contributed by atoms with Gasteiger partial charge in [0.2, 0.25) is 0 Å². The molecule has 0 radical (unpaired) electrons. The van der Waals surface area contributed by atoms with Gasteiger partial charge >= 0.3 is 17.9 Å². The number of unbranched alkanes of at least 4 members (excludes halogenated alkanes) is 6. The number of carboxylic acids is 1. The summed E-state index contributed by atoms with van der Waals surface area (Å²) < 4.78 is 10.7. The first-order valence-corrected chi connectivity index (χ1v) is 12.4. The number of rotatable bonds is 17. The van der Waals surface area contributed by atoms with Gasteiger partial charge in [-0.15, -0.1) is 0 Å². The summed E-state index contributed by atoms with van der Waals surface area (Å²) in [5.74, 6) is -1.11. The monoisotopic (exact) mass is 462 g/mol. The minimum absolute atomic E-state index is 0.0433. The Morgan fingerprint density at radius 1 is 0.697 bits per heavy atom. The van der Waals surface area contributed by atoms with Crippen LogP contribution in [0.15, 0.2) is 18.2 Å². The fourth-order valence-corrected chi connectivity index (χ4v) is 3.53. The first-order chi connectivity index (χ1) is 15.7. The standard InChI is InChI=1S/C27H42O6/c1-20(2)13-9-5-7-11-17-32-26(30)23-16-15-22(25(28)29)19-24(23)27(31)33-18-12-8-6-10-14-21(3)4/h15-16,19-21H,5-14,17-18H2,1-4H3,(H,28,29). The Balaban J connectivity index is 2.57. The quantitative estimate of drug-likeness (QED) is 0.200. The van der Waals surface area contributed by atoms with Gasteiger partial charge in [0.05, 0.1) is 29.9 Å². The van der Waals surface area contributed by atoms with Crippen LogP contribution in [0.2, 0.25) is 0 Å². The van der Waals surface area contributed by atoms with Crippen molar-refractivity contribution in [2.75, 3.05) is 13.2 Å². The molecular formula is C27H42O6. The summed E-state index contributed by atoms with van der Waals surface area (Å²) in [6, 6.07) is 3.82. The first kappa shape index (κ1) is 28.7. The lowest BCUT2D eigenvalue weighted by Gasteiger charge is -2.11. The molecule has 6 nitrogen and oxygen atoms in total. The molecule has 0 unspecified atom stereocenters. The van der Waals surface area contributed by atoms with E-state index in [0.717, 1.165) is 51.4 Å². The molecule has 0 aliphatic rings. The lowest BCUT2D eigenvalue weighted by atomic mass is 10.0. The van der Waals surface area contributed by atoms with E-state index < -0.39 is 17.9 Å². The minimum Gasteiger partial charge on any atom is -0.478 e. The van der Waals surface area contributed by atoms with Gasteiger partial charge in [0, 0.05) is 0 Å². The van der Waals surface area contributed by atoms with Gasteiger partial charge in [-0.25, -0.2) is 14.4 Å². The average Bonchev–Trinajstić information content (AvgIpc) is 2.76. The van der Waals surface area contributed by atoms with Crippen molar-refractivity contribution in [3.8, 4) is 0 Å². The third kappa shape index (κ3) is 12.4. The van der Waals surface area contributed by atoms with Crippen LogP contribution in [0.4, 0.5) is 0 Å². The topological polar surface area (TPSA) is 89.9 Å². The number of aromatic carboxylic acids is 1. The van der Waals surface area contributed by atoms with E-state index in [9.17, 15) is 19.5 Å². The molecule has 1 aromatic rings. The summed E-state index contributed by atoms with van der Waals surface area (Å²) in [6.07, 6.45) is 10.3. The van der Waals surface area contributed by atoms with Crippen molar-refractivity contribution in [2.45, 2.75) is 91.9 Å². The van der Waals surface area contributed by atoms with E-state index in [2.05, 4.69) is 27.7 Å². The number of carbonyl (C=O) groups excluding carboxylic acids is 2. The second kappa shape index (κ2) is 16.3. The normalized spacial score (nSPS) is 11.1. The Morgan fingerprint density at radius 2 is 1.15 bits per heavy atom. The molecule has 0 saturated heterocycles. The summed E-state index contributed by atoms with van der Waals surface area (Å²) in [5, 5.41) is 9.27. The molecule has 0 bridgehead atoms. The van der Waals surface area contributed by atoms with Gasteiger partial charge in [-0.05, 0) is 42.9 Å². The molecule has 6 heteroatoms. The van der Waals surface area contributed by atoms with Crippen LogP contribution in [0.1, 0.15) is 123 Å². The van der Waals surface area contributed by atoms with Crippen molar-refractivity contribution in [1.29, 1.82) is 0 Å². The molecule has 33 heavy (non-hydrogen) atoms. The predicted octanol–water partition coefficient (Wildman–Crippen LogP) is 6.91. The second-order valence-electron chi connectivity index (χ2n) is 9.53. The molecule has 0 amide bonds. The Labute approximate surface area is 199 Å². The zero-order chi connectivity index (χ0) is 24.6. The molecule has 0 fully saturated rings. The smallest absolute Gasteiger partial charge is 0.339 e. The molecule has 1 aromatic carbocycles. The molecule has 0 aromatic heterocycles. The summed E-state index contributed by atoms with van der Waals surface area (Å²) in [6.45, 7) is 9.31. The SMILES string of the molecule is CC(C)CCCCCCOC(=O)c1ccc(C(=O)O)cc1C(=O)OCCCCCCC(C)C. The van der Waals surface area contributed by atoms with Crippen molar-refractivity contribution in [3.05, 3.63) is 34.9 Å². The number of hydrogen-bond donors (Lipinski definition) is 1. The van der Waals surface area contributed by atoms with E-state index >= 15 is 0 Å². The molecule has 0 aliphatic carbocycles. The maximum Gasteiger partial charge on any atom is 0.339 e. The molecule has 0 aliphatic heterocycles. The fraction of sp³-hybridized carbons (Fsp3) is 0.667. The zero-order valence-electron chi connectivity index (χ0n) is 20.9. The van der Waals surface area contributed by atoms with Crippen molar-refractivity contribution in [2.24, 2.45) is 11.8 Å². The molecule has 0 spiro atoms. The molecule has 1 rings (SSSR count). The predicted molar refractivity (Wildman–Crippen MR) is 130 cm³/mol. The van der Waals surface area contributed by atoms with Crippen LogP contribution in [0.5, 0.6) is 0 Å². The molecule has 0 saturated carbocycles. The lowest BCUT2D eigenvalue weighted by molar-refractivity contribution is 0.0450. The van der Waals surface area contributed by atoms with Crippen LogP contribution < -0.4 is 0 Å². The van der Waals surface area contributed by atoms with Crippen molar-refractivity contribution >= 4 is 17.9 Å². The maximum absolute atomic E-state index is 12.6. The lowest BCUT2D eigenvalue weighted by Crippen LogP contribution is -2.16. The summed E-state index contributed by atoms with van der Waals surface area (Å²) in [7, 11) is 0. The van der Waals surface area contributed by atoms with Gasteiger partial charge < -0.3 is 14.6 Å². The van der Waals surface area contributed by atoms with Gasteiger partial charge in [-0.2, -0.15) is 0 Å². The summed E-state index contributed by atoms with van der Waals surface area (Å²) in [5.41, 5.74) is -0.0873. The van der Waals surface area contributed by atoms with E-state index in [4.69, 9.17) is 9.47 Å². The first-order valence-electron chi connectivity index (χ1n) is 12.4. The Hall–Kier alpha value is -2.37. The Kier molecular flexibility index (Phi) is 14.1. The molecule has 0 atom stereocenters. The molecule has 186 valence electrons. The maximum atomic E-state index is 12.6. The van der Waals surface area contributed by atoms with E-state index in [0.29, 0.717) is 11.8 Å². The Morgan fingerprint density at radius 3 is 1.61 bits per heavy atom. The van der Waals surface area contributed by atoms with Crippen molar-refractivity contribution in [1.82, 2.24) is 0 Å². The van der Waals surface area contributed by atoms with Crippen LogP contribution in [-0.4, -0.2) is 36.2 Å². The number of ether oxygens (including phenoxy) is 2. The Bertz CT molecular complexity index is 738. The van der Waals surface area contributed by atoms with Crippen LogP contribution in [0, 0.1) is 11.8 Å². The van der Waals surface area contributed by atoms with E-state index in [-0.39, 0.29) is 29.9 Å². The number of carboxylic acid groups (broad SMARTS) is 1. The van der Waals surface area contributed by atoms with E-state index in [1.165, 1.54) is 31.0 Å². The highest BCUT2D eigenvalue weighted by molar-refractivity contribution is 6.05. The average molecular weight is 463 g/mol. The molecule has 1 N–H and O–H groups in total. The van der Waals surface area contributed by atoms with Crippen LogP contribution >= 0.6 is 0 Å².